The van der Waals surface area contributed by atoms with Crippen molar-refractivity contribution in [2.75, 3.05) is 6.61 Å². The smallest absolute Gasteiger partial charge is 0.192 e. The van der Waals surface area contributed by atoms with Crippen LogP contribution in [0.25, 0.3) is 11.4 Å². The maximum atomic E-state index is 6.27. The third-order valence-corrected chi connectivity index (χ3v) is 5.56. The van der Waals surface area contributed by atoms with Crippen molar-refractivity contribution in [2.45, 2.75) is 24.4 Å². The summed E-state index contributed by atoms with van der Waals surface area (Å²) in [7, 11) is 0. The Balaban J connectivity index is 1.85. The molecule has 27 heavy (non-hydrogen) atoms. The fourth-order valence-electron chi connectivity index (χ4n) is 2.58. The normalized spacial score (nSPS) is 10.8. The van der Waals surface area contributed by atoms with Crippen molar-refractivity contribution >= 4 is 35.0 Å². The quantitative estimate of drug-likeness (QED) is 0.325. The Morgan fingerprint density at radius 1 is 1.11 bits per heavy atom. The van der Waals surface area contributed by atoms with Gasteiger partial charge in [-0.05, 0) is 48.9 Å². The number of thioether (sulfide) groups is 1. The number of aromatic nitrogens is 3. The standard InChI is InChI=1S/C20H19Cl2N3OS/c1-3-12-25-19(14-8-10-15(11-9-14)26-4-2)23-24-20(25)27-13-16-17(21)6-5-7-18(16)22/h3,5-11H,1,4,12-13H2,2H3. The molecule has 0 spiro atoms. The summed E-state index contributed by atoms with van der Waals surface area (Å²) >= 11 is 14.1. The van der Waals surface area contributed by atoms with Crippen LogP contribution in [0.5, 0.6) is 5.75 Å². The summed E-state index contributed by atoms with van der Waals surface area (Å²) < 4.78 is 7.53. The molecule has 1 aromatic heterocycles. The van der Waals surface area contributed by atoms with Crippen LogP contribution in [0.15, 0.2) is 60.3 Å². The second-order valence-corrected chi connectivity index (χ2v) is 7.41. The Bertz CT molecular complexity index is 905. The molecule has 1 heterocycles. The molecule has 2 aromatic carbocycles. The van der Waals surface area contributed by atoms with Gasteiger partial charge in [0.1, 0.15) is 5.75 Å². The highest BCUT2D eigenvalue weighted by Crippen LogP contribution is 2.32. The maximum Gasteiger partial charge on any atom is 0.192 e. The number of hydrogen-bond donors (Lipinski definition) is 0. The highest BCUT2D eigenvalue weighted by atomic mass is 35.5. The number of ether oxygens (including phenoxy) is 1. The van der Waals surface area contributed by atoms with E-state index in [-0.39, 0.29) is 0 Å². The molecule has 0 saturated carbocycles. The molecular weight excluding hydrogens is 401 g/mol. The fraction of sp³-hybridized carbons (Fsp3) is 0.200. The number of halogens is 2. The molecule has 0 radical (unpaired) electrons. The van der Waals surface area contributed by atoms with E-state index >= 15 is 0 Å². The van der Waals surface area contributed by atoms with E-state index in [2.05, 4.69) is 16.8 Å². The summed E-state index contributed by atoms with van der Waals surface area (Å²) in [4.78, 5) is 0. The van der Waals surface area contributed by atoms with E-state index in [1.54, 1.807) is 11.8 Å². The minimum absolute atomic E-state index is 0.605. The van der Waals surface area contributed by atoms with E-state index in [1.165, 1.54) is 0 Å². The van der Waals surface area contributed by atoms with Gasteiger partial charge in [0.05, 0.1) is 6.61 Å². The Morgan fingerprint density at radius 3 is 2.44 bits per heavy atom. The predicted octanol–water partition coefficient (Wildman–Crippen LogP) is 6.13. The first-order valence-corrected chi connectivity index (χ1v) is 10.2. The topological polar surface area (TPSA) is 39.9 Å². The Labute approximate surface area is 173 Å². The minimum atomic E-state index is 0.605. The Hall–Kier alpha value is -1.95. The van der Waals surface area contributed by atoms with Gasteiger partial charge in [-0.2, -0.15) is 0 Å². The minimum Gasteiger partial charge on any atom is -0.494 e. The van der Waals surface area contributed by atoms with E-state index in [0.29, 0.717) is 28.9 Å². The van der Waals surface area contributed by atoms with Crippen molar-refractivity contribution in [3.05, 3.63) is 70.7 Å². The number of allylic oxidation sites excluding steroid dienone is 1. The first-order valence-electron chi connectivity index (χ1n) is 8.47. The number of rotatable bonds is 8. The Morgan fingerprint density at radius 2 is 1.81 bits per heavy atom. The number of benzene rings is 2. The lowest BCUT2D eigenvalue weighted by molar-refractivity contribution is 0.340. The van der Waals surface area contributed by atoms with E-state index < -0.39 is 0 Å². The molecule has 3 rings (SSSR count). The molecule has 3 aromatic rings. The number of nitrogens with zero attached hydrogens (tertiary/aromatic N) is 3. The van der Waals surface area contributed by atoms with E-state index in [4.69, 9.17) is 27.9 Å². The van der Waals surface area contributed by atoms with Crippen LogP contribution in [0.3, 0.4) is 0 Å². The van der Waals surface area contributed by atoms with Crippen molar-refractivity contribution in [1.82, 2.24) is 14.8 Å². The summed E-state index contributed by atoms with van der Waals surface area (Å²) in [5, 5.41) is 10.8. The van der Waals surface area contributed by atoms with E-state index in [1.807, 2.05) is 60.0 Å². The zero-order valence-corrected chi connectivity index (χ0v) is 17.2. The SMILES string of the molecule is C=CCn1c(SCc2c(Cl)cccc2Cl)nnc1-c1ccc(OCC)cc1. The van der Waals surface area contributed by atoms with Gasteiger partial charge in [-0.1, -0.05) is 47.1 Å². The average molecular weight is 420 g/mol. The van der Waals surface area contributed by atoms with Gasteiger partial charge in [0, 0.05) is 27.9 Å². The average Bonchev–Trinajstić information content (AvgIpc) is 3.05. The molecule has 0 saturated heterocycles. The predicted molar refractivity (Wildman–Crippen MR) is 113 cm³/mol. The number of hydrogen-bond acceptors (Lipinski definition) is 4. The van der Waals surface area contributed by atoms with Crippen molar-refractivity contribution in [3.8, 4) is 17.1 Å². The van der Waals surface area contributed by atoms with Crippen LogP contribution >= 0.6 is 35.0 Å². The van der Waals surface area contributed by atoms with Crippen LogP contribution in [-0.4, -0.2) is 21.4 Å². The van der Waals surface area contributed by atoms with Gasteiger partial charge < -0.3 is 4.74 Å². The lowest BCUT2D eigenvalue weighted by Crippen LogP contribution is -2.01. The summed E-state index contributed by atoms with van der Waals surface area (Å²) in [6.07, 6.45) is 1.83. The summed E-state index contributed by atoms with van der Waals surface area (Å²) in [6, 6.07) is 13.3. The van der Waals surface area contributed by atoms with Crippen LogP contribution in [0.4, 0.5) is 0 Å². The molecule has 0 N–H and O–H groups in total. The molecule has 0 atom stereocenters. The molecule has 0 aliphatic heterocycles. The molecular formula is C20H19Cl2N3OS. The first kappa shape index (κ1) is 19.8. The molecule has 0 amide bonds. The van der Waals surface area contributed by atoms with Crippen molar-refractivity contribution in [1.29, 1.82) is 0 Å². The van der Waals surface area contributed by atoms with Crippen LogP contribution in [-0.2, 0) is 12.3 Å². The third-order valence-electron chi connectivity index (χ3n) is 3.86. The lowest BCUT2D eigenvalue weighted by Gasteiger charge is -2.10. The van der Waals surface area contributed by atoms with Gasteiger partial charge in [0.2, 0.25) is 0 Å². The monoisotopic (exact) mass is 419 g/mol. The maximum absolute atomic E-state index is 6.27. The van der Waals surface area contributed by atoms with Gasteiger partial charge in [0.15, 0.2) is 11.0 Å². The van der Waals surface area contributed by atoms with Crippen molar-refractivity contribution in [2.24, 2.45) is 0 Å². The van der Waals surface area contributed by atoms with Crippen molar-refractivity contribution in [3.63, 3.8) is 0 Å². The zero-order valence-electron chi connectivity index (χ0n) is 14.9. The highest BCUT2D eigenvalue weighted by molar-refractivity contribution is 7.98. The third kappa shape index (κ3) is 4.67. The fourth-order valence-corrected chi connectivity index (χ4v) is 4.27. The summed E-state index contributed by atoms with van der Waals surface area (Å²) in [5.74, 6) is 2.22. The molecule has 7 heteroatoms. The molecule has 0 aliphatic rings. The van der Waals surface area contributed by atoms with Crippen LogP contribution in [0, 0.1) is 0 Å². The van der Waals surface area contributed by atoms with Gasteiger partial charge >= 0.3 is 0 Å². The van der Waals surface area contributed by atoms with Gasteiger partial charge in [0.25, 0.3) is 0 Å². The molecule has 0 fully saturated rings. The van der Waals surface area contributed by atoms with Crippen LogP contribution < -0.4 is 4.74 Å². The van der Waals surface area contributed by atoms with Crippen LogP contribution in [0.1, 0.15) is 12.5 Å². The van der Waals surface area contributed by atoms with Gasteiger partial charge in [-0.3, -0.25) is 4.57 Å². The van der Waals surface area contributed by atoms with E-state index in [0.717, 1.165) is 27.9 Å². The lowest BCUT2D eigenvalue weighted by atomic mass is 10.2. The second-order valence-electron chi connectivity index (χ2n) is 5.65. The largest absolute Gasteiger partial charge is 0.494 e. The summed E-state index contributed by atoms with van der Waals surface area (Å²) in [6.45, 7) is 7.05. The molecule has 0 aliphatic carbocycles. The highest BCUT2D eigenvalue weighted by Gasteiger charge is 2.15. The van der Waals surface area contributed by atoms with E-state index in [9.17, 15) is 0 Å². The summed E-state index contributed by atoms with van der Waals surface area (Å²) in [5.41, 5.74) is 1.86. The van der Waals surface area contributed by atoms with Crippen LogP contribution in [0.2, 0.25) is 10.0 Å². The molecule has 0 bridgehead atoms. The second kappa shape index (κ2) is 9.31. The Kier molecular flexibility index (Phi) is 6.83. The molecule has 0 unspecified atom stereocenters. The van der Waals surface area contributed by atoms with Gasteiger partial charge in [-0.25, -0.2) is 0 Å². The zero-order chi connectivity index (χ0) is 19.2. The van der Waals surface area contributed by atoms with Gasteiger partial charge in [-0.15, -0.1) is 16.8 Å². The van der Waals surface area contributed by atoms with Crippen molar-refractivity contribution < 1.29 is 4.74 Å². The molecule has 140 valence electrons. The molecule has 4 nitrogen and oxygen atoms in total. The first-order chi connectivity index (χ1) is 13.1.